The number of hydrogen-bond donors (Lipinski definition) is 2. The van der Waals surface area contributed by atoms with Crippen LogP contribution >= 0.6 is 0 Å². The number of rotatable bonds is 2. The predicted molar refractivity (Wildman–Crippen MR) is 67.3 cm³/mol. The van der Waals surface area contributed by atoms with Crippen LogP contribution in [0.2, 0.25) is 0 Å². The van der Waals surface area contributed by atoms with E-state index in [-0.39, 0.29) is 11.5 Å². The summed E-state index contributed by atoms with van der Waals surface area (Å²) >= 11 is 0. The van der Waals surface area contributed by atoms with Crippen molar-refractivity contribution in [1.29, 1.82) is 0 Å². The van der Waals surface area contributed by atoms with Gasteiger partial charge in [-0.25, -0.2) is 0 Å². The van der Waals surface area contributed by atoms with Crippen LogP contribution in [-0.2, 0) is 0 Å². The molecule has 17 heavy (non-hydrogen) atoms. The van der Waals surface area contributed by atoms with Gasteiger partial charge in [-0.2, -0.15) is 0 Å². The Balaban J connectivity index is 2.75. The van der Waals surface area contributed by atoms with Crippen LogP contribution in [0, 0.1) is 6.92 Å². The van der Waals surface area contributed by atoms with Gasteiger partial charge in [-0.05, 0) is 19.4 Å². The van der Waals surface area contributed by atoms with Crippen molar-refractivity contribution in [2.45, 2.75) is 13.8 Å². The number of aromatic amines is 1. The summed E-state index contributed by atoms with van der Waals surface area (Å²) in [6.45, 7) is 4.29. The largest absolute Gasteiger partial charge is 0.352 e. The van der Waals surface area contributed by atoms with E-state index < -0.39 is 0 Å². The lowest BCUT2D eigenvalue weighted by Crippen LogP contribution is -2.24. The molecule has 0 radical (unpaired) electrons. The molecule has 2 N–H and O–H groups in total. The second-order valence-corrected chi connectivity index (χ2v) is 3.90. The highest BCUT2D eigenvalue weighted by molar-refractivity contribution is 6.06. The molecular weight excluding hydrogens is 216 g/mol. The molecule has 0 spiro atoms. The van der Waals surface area contributed by atoms with Crippen molar-refractivity contribution in [3.63, 3.8) is 0 Å². The molecule has 4 heteroatoms. The Hall–Kier alpha value is -2.10. The summed E-state index contributed by atoms with van der Waals surface area (Å²) in [5.41, 5.74) is 1.84. The van der Waals surface area contributed by atoms with Crippen LogP contribution in [0.1, 0.15) is 22.8 Å². The Morgan fingerprint density at radius 1 is 1.41 bits per heavy atom. The number of carbonyl (C=O) groups excluding carboxylic acids is 1. The molecule has 4 nitrogen and oxygen atoms in total. The number of para-hydroxylation sites is 1. The van der Waals surface area contributed by atoms with Crippen LogP contribution in [0.25, 0.3) is 10.9 Å². The van der Waals surface area contributed by atoms with E-state index in [0.29, 0.717) is 12.1 Å². The lowest BCUT2D eigenvalue weighted by atomic mass is 10.1. The molecule has 2 aromatic rings. The Morgan fingerprint density at radius 2 is 2.18 bits per heavy atom. The third-order valence-electron chi connectivity index (χ3n) is 2.67. The van der Waals surface area contributed by atoms with Crippen molar-refractivity contribution in [3.8, 4) is 0 Å². The van der Waals surface area contributed by atoms with E-state index in [2.05, 4.69) is 10.3 Å². The molecule has 0 saturated heterocycles. The molecule has 0 atom stereocenters. The van der Waals surface area contributed by atoms with Gasteiger partial charge in [0.1, 0.15) is 0 Å². The van der Waals surface area contributed by atoms with Gasteiger partial charge >= 0.3 is 0 Å². The lowest BCUT2D eigenvalue weighted by molar-refractivity contribution is 0.0957. The molecule has 1 aromatic heterocycles. The monoisotopic (exact) mass is 230 g/mol. The zero-order chi connectivity index (χ0) is 12.4. The number of aryl methyl sites for hydroxylation is 1. The highest BCUT2D eigenvalue weighted by Crippen LogP contribution is 2.18. The number of amides is 1. The molecular formula is C13H14N2O2. The van der Waals surface area contributed by atoms with E-state index in [1.807, 2.05) is 32.0 Å². The summed E-state index contributed by atoms with van der Waals surface area (Å²) < 4.78 is 0. The van der Waals surface area contributed by atoms with Crippen LogP contribution in [0.5, 0.6) is 0 Å². The number of aromatic nitrogens is 1. The number of benzene rings is 1. The number of hydrogen-bond acceptors (Lipinski definition) is 2. The number of carbonyl (C=O) groups is 1. The van der Waals surface area contributed by atoms with Crippen molar-refractivity contribution in [2.75, 3.05) is 6.54 Å². The van der Waals surface area contributed by atoms with Gasteiger partial charge in [-0.3, -0.25) is 9.59 Å². The third kappa shape index (κ3) is 2.06. The topological polar surface area (TPSA) is 62.0 Å². The van der Waals surface area contributed by atoms with Gasteiger partial charge in [0, 0.05) is 18.0 Å². The third-order valence-corrected chi connectivity index (χ3v) is 2.67. The highest BCUT2D eigenvalue weighted by Gasteiger charge is 2.11. The first-order valence-electron chi connectivity index (χ1n) is 5.54. The molecule has 0 bridgehead atoms. The molecule has 0 saturated carbocycles. The average molecular weight is 230 g/mol. The molecule has 0 fully saturated rings. The van der Waals surface area contributed by atoms with Crippen LogP contribution < -0.4 is 10.9 Å². The van der Waals surface area contributed by atoms with Gasteiger partial charge in [0.05, 0.1) is 11.1 Å². The highest BCUT2D eigenvalue weighted by atomic mass is 16.2. The van der Waals surface area contributed by atoms with Crippen molar-refractivity contribution in [1.82, 2.24) is 10.3 Å². The van der Waals surface area contributed by atoms with Crippen molar-refractivity contribution in [2.24, 2.45) is 0 Å². The van der Waals surface area contributed by atoms with Gasteiger partial charge in [-0.1, -0.05) is 18.2 Å². The first-order valence-corrected chi connectivity index (χ1v) is 5.54. The fraction of sp³-hybridized carbons (Fsp3) is 0.231. The van der Waals surface area contributed by atoms with Crippen molar-refractivity contribution < 1.29 is 4.79 Å². The second-order valence-electron chi connectivity index (χ2n) is 3.90. The number of pyridine rings is 1. The summed E-state index contributed by atoms with van der Waals surface area (Å²) in [5, 5.41) is 3.48. The molecule has 1 heterocycles. The summed E-state index contributed by atoms with van der Waals surface area (Å²) in [6.07, 6.45) is 0. The van der Waals surface area contributed by atoms with Crippen molar-refractivity contribution in [3.05, 3.63) is 45.7 Å². The molecule has 0 aliphatic carbocycles. The standard InChI is InChI=1S/C13H14N2O2/c1-3-14-13(17)10-7-11(16)15-12-8(2)5-4-6-9(10)12/h4-7H,3H2,1-2H3,(H,14,17)(H,15,16). The lowest BCUT2D eigenvalue weighted by Gasteiger charge is -2.07. The smallest absolute Gasteiger partial charge is 0.252 e. The number of fused-ring (bicyclic) bond motifs is 1. The van der Waals surface area contributed by atoms with Gasteiger partial charge in [0.25, 0.3) is 5.91 Å². The van der Waals surface area contributed by atoms with Crippen LogP contribution in [0.15, 0.2) is 29.1 Å². The molecule has 1 amide bonds. The van der Waals surface area contributed by atoms with E-state index in [1.54, 1.807) is 0 Å². The van der Waals surface area contributed by atoms with Crippen molar-refractivity contribution >= 4 is 16.8 Å². The quantitative estimate of drug-likeness (QED) is 0.822. The minimum atomic E-state index is -0.256. The fourth-order valence-corrected chi connectivity index (χ4v) is 1.87. The molecule has 2 rings (SSSR count). The summed E-state index contributed by atoms with van der Waals surface area (Å²) in [6, 6.07) is 6.95. The van der Waals surface area contributed by atoms with E-state index in [0.717, 1.165) is 16.5 Å². The summed E-state index contributed by atoms with van der Waals surface area (Å²) in [4.78, 5) is 26.1. The zero-order valence-electron chi connectivity index (χ0n) is 9.83. The molecule has 0 aliphatic rings. The minimum Gasteiger partial charge on any atom is -0.352 e. The SMILES string of the molecule is CCNC(=O)c1cc(=O)[nH]c2c(C)cccc12. The maximum absolute atomic E-state index is 11.9. The second kappa shape index (κ2) is 4.41. The van der Waals surface area contributed by atoms with Gasteiger partial charge in [0.2, 0.25) is 5.56 Å². The van der Waals surface area contributed by atoms with Gasteiger partial charge in [0.15, 0.2) is 0 Å². The fourth-order valence-electron chi connectivity index (χ4n) is 1.87. The number of nitrogens with one attached hydrogen (secondary N) is 2. The summed E-state index contributed by atoms with van der Waals surface area (Å²) in [7, 11) is 0. The maximum atomic E-state index is 11.9. The maximum Gasteiger partial charge on any atom is 0.252 e. The van der Waals surface area contributed by atoms with E-state index in [9.17, 15) is 9.59 Å². The Morgan fingerprint density at radius 3 is 2.88 bits per heavy atom. The van der Waals surface area contributed by atoms with Crippen LogP contribution in [0.3, 0.4) is 0 Å². The minimum absolute atomic E-state index is 0.214. The van der Waals surface area contributed by atoms with E-state index >= 15 is 0 Å². The Bertz CT molecular complexity index is 629. The van der Waals surface area contributed by atoms with Gasteiger partial charge < -0.3 is 10.3 Å². The molecule has 1 aromatic carbocycles. The zero-order valence-corrected chi connectivity index (χ0v) is 9.83. The Labute approximate surface area is 98.7 Å². The van der Waals surface area contributed by atoms with Crippen LogP contribution in [-0.4, -0.2) is 17.4 Å². The molecule has 0 aliphatic heterocycles. The first-order chi connectivity index (χ1) is 8.13. The number of H-pyrrole nitrogens is 1. The van der Waals surface area contributed by atoms with Gasteiger partial charge in [-0.15, -0.1) is 0 Å². The van der Waals surface area contributed by atoms with E-state index in [1.165, 1.54) is 6.07 Å². The predicted octanol–water partition coefficient (Wildman–Crippen LogP) is 1.59. The van der Waals surface area contributed by atoms with Crippen LogP contribution in [0.4, 0.5) is 0 Å². The average Bonchev–Trinajstić information content (AvgIpc) is 2.30. The first kappa shape index (κ1) is 11.4. The molecule has 88 valence electrons. The normalized spacial score (nSPS) is 10.5. The van der Waals surface area contributed by atoms with E-state index in [4.69, 9.17) is 0 Å². The molecule has 0 unspecified atom stereocenters. The summed E-state index contributed by atoms with van der Waals surface area (Å²) in [5.74, 6) is -0.214. The Kier molecular flexibility index (Phi) is 2.95.